The molecule has 2 rings (SSSR count). The number of benzene rings is 1. The lowest BCUT2D eigenvalue weighted by Crippen LogP contribution is -2.39. The highest BCUT2D eigenvalue weighted by Crippen LogP contribution is 2.32. The Bertz CT molecular complexity index is 633. The van der Waals surface area contributed by atoms with Crippen LogP contribution in [0.5, 0.6) is 0 Å². The number of sulfonamides is 1. The van der Waals surface area contributed by atoms with Gasteiger partial charge in [0, 0.05) is 12.6 Å². The molecule has 0 aliphatic heterocycles. The van der Waals surface area contributed by atoms with Gasteiger partial charge in [-0.25, -0.2) is 13.1 Å². The van der Waals surface area contributed by atoms with Gasteiger partial charge in [-0.1, -0.05) is 32.9 Å². The highest BCUT2D eigenvalue weighted by Gasteiger charge is 2.30. The first kappa shape index (κ1) is 17.4. The minimum atomic E-state index is -3.51. The Morgan fingerprint density at radius 3 is 2.14 bits per heavy atom. The quantitative estimate of drug-likeness (QED) is 0.874. The maximum atomic E-state index is 12.6. The molecule has 1 fully saturated rings. The van der Waals surface area contributed by atoms with Crippen LogP contribution >= 0.6 is 0 Å². The van der Waals surface area contributed by atoms with E-state index in [9.17, 15) is 8.42 Å². The molecule has 0 heterocycles. The van der Waals surface area contributed by atoms with Crippen LogP contribution in [0.1, 0.15) is 50.3 Å². The van der Waals surface area contributed by atoms with E-state index in [-0.39, 0.29) is 11.5 Å². The Morgan fingerprint density at radius 1 is 1.23 bits per heavy atom. The van der Waals surface area contributed by atoms with E-state index in [1.807, 2.05) is 26.0 Å². The molecule has 0 amide bonds. The van der Waals surface area contributed by atoms with Crippen molar-refractivity contribution in [3.63, 3.8) is 0 Å². The average Bonchev–Trinajstić information content (AvgIpc) is 3.17. The SMILES string of the molecule is Cc1cc(C(C)(C)C)cc(C)c1S(=O)(=O)NCC(N)C1CC1. The van der Waals surface area contributed by atoms with E-state index in [0.717, 1.165) is 29.5 Å². The zero-order chi connectivity index (χ0) is 16.7. The summed E-state index contributed by atoms with van der Waals surface area (Å²) in [4.78, 5) is 0.392. The summed E-state index contributed by atoms with van der Waals surface area (Å²) >= 11 is 0. The first-order valence-electron chi connectivity index (χ1n) is 7.89. The first-order chi connectivity index (χ1) is 10.0. The third-order valence-electron chi connectivity index (χ3n) is 4.33. The Balaban J connectivity index is 2.26. The van der Waals surface area contributed by atoms with Gasteiger partial charge >= 0.3 is 0 Å². The molecule has 1 aliphatic carbocycles. The third kappa shape index (κ3) is 3.89. The van der Waals surface area contributed by atoms with Crippen LogP contribution in [0.2, 0.25) is 0 Å². The fourth-order valence-electron chi connectivity index (χ4n) is 2.78. The Morgan fingerprint density at radius 2 is 1.73 bits per heavy atom. The molecule has 1 unspecified atom stereocenters. The number of aryl methyl sites for hydroxylation is 2. The number of nitrogens with one attached hydrogen (secondary N) is 1. The second-order valence-corrected chi connectivity index (χ2v) is 9.25. The van der Waals surface area contributed by atoms with E-state index in [1.165, 1.54) is 0 Å². The Labute approximate surface area is 134 Å². The summed E-state index contributed by atoms with van der Waals surface area (Å²) < 4.78 is 27.9. The summed E-state index contributed by atoms with van der Waals surface area (Å²) in [5, 5.41) is 0. The van der Waals surface area contributed by atoms with Crippen molar-refractivity contribution in [1.29, 1.82) is 0 Å². The van der Waals surface area contributed by atoms with Crippen LogP contribution < -0.4 is 10.5 Å². The largest absolute Gasteiger partial charge is 0.326 e. The topological polar surface area (TPSA) is 72.2 Å². The molecule has 4 nitrogen and oxygen atoms in total. The fraction of sp³-hybridized carbons (Fsp3) is 0.647. The predicted octanol–water partition coefficient (Wildman–Crippen LogP) is 2.62. The first-order valence-corrected chi connectivity index (χ1v) is 9.37. The number of hydrogen-bond acceptors (Lipinski definition) is 3. The summed E-state index contributed by atoms with van der Waals surface area (Å²) in [6, 6.07) is 3.87. The van der Waals surface area contributed by atoms with Crippen molar-refractivity contribution in [2.75, 3.05) is 6.54 Å². The van der Waals surface area contributed by atoms with E-state index >= 15 is 0 Å². The maximum Gasteiger partial charge on any atom is 0.241 e. The van der Waals surface area contributed by atoms with E-state index in [1.54, 1.807) is 0 Å². The van der Waals surface area contributed by atoms with Gasteiger partial charge in [-0.3, -0.25) is 0 Å². The van der Waals surface area contributed by atoms with Crippen LogP contribution in [0.15, 0.2) is 17.0 Å². The standard InChI is InChI=1S/C17H28N2O2S/c1-11-8-14(17(3,4)5)9-12(2)16(11)22(20,21)19-10-15(18)13-6-7-13/h8-9,13,15,19H,6-7,10,18H2,1-5H3. The summed E-state index contributed by atoms with van der Waals surface area (Å²) in [7, 11) is -3.51. The Kier molecular flexibility index (Phi) is 4.71. The Hall–Kier alpha value is -0.910. The van der Waals surface area contributed by atoms with Gasteiger partial charge in [-0.15, -0.1) is 0 Å². The molecule has 5 heteroatoms. The average molecular weight is 324 g/mol. The molecule has 1 aliphatic rings. The third-order valence-corrected chi connectivity index (χ3v) is 6.06. The molecule has 1 saturated carbocycles. The minimum absolute atomic E-state index is 0.000429. The smallest absolute Gasteiger partial charge is 0.241 e. The second kappa shape index (κ2) is 5.95. The van der Waals surface area contributed by atoms with Crippen molar-refractivity contribution in [2.24, 2.45) is 11.7 Å². The van der Waals surface area contributed by atoms with Gasteiger partial charge in [0.2, 0.25) is 10.0 Å². The normalized spacial score (nSPS) is 17.5. The molecule has 0 bridgehead atoms. The molecule has 0 spiro atoms. The molecular formula is C17H28N2O2S. The van der Waals surface area contributed by atoms with Crippen LogP contribution in [-0.4, -0.2) is 21.0 Å². The molecule has 3 N–H and O–H groups in total. The summed E-state index contributed by atoms with van der Waals surface area (Å²) in [5.41, 5.74) is 8.72. The summed E-state index contributed by atoms with van der Waals surface area (Å²) in [6.07, 6.45) is 2.22. The van der Waals surface area contributed by atoms with Crippen molar-refractivity contribution >= 4 is 10.0 Å². The van der Waals surface area contributed by atoms with Crippen LogP contribution in [0.25, 0.3) is 0 Å². The van der Waals surface area contributed by atoms with Gasteiger partial charge in [-0.2, -0.15) is 0 Å². The van der Waals surface area contributed by atoms with Gasteiger partial charge in [-0.05, 0) is 54.7 Å². The van der Waals surface area contributed by atoms with E-state index < -0.39 is 10.0 Å². The molecule has 0 radical (unpaired) electrons. The molecular weight excluding hydrogens is 296 g/mol. The van der Waals surface area contributed by atoms with Gasteiger partial charge in [0.15, 0.2) is 0 Å². The number of nitrogens with two attached hydrogens (primary N) is 1. The van der Waals surface area contributed by atoms with Crippen LogP contribution in [-0.2, 0) is 15.4 Å². The summed E-state index contributed by atoms with van der Waals surface area (Å²) in [6.45, 7) is 10.4. The molecule has 1 aromatic carbocycles. The molecule has 1 aromatic rings. The molecule has 0 saturated heterocycles. The lowest BCUT2D eigenvalue weighted by atomic mass is 9.85. The molecule has 0 aromatic heterocycles. The predicted molar refractivity (Wildman–Crippen MR) is 90.5 cm³/mol. The molecule has 22 heavy (non-hydrogen) atoms. The zero-order valence-electron chi connectivity index (χ0n) is 14.2. The van der Waals surface area contributed by atoms with Crippen LogP contribution in [0.3, 0.4) is 0 Å². The van der Waals surface area contributed by atoms with E-state index in [4.69, 9.17) is 5.73 Å². The highest BCUT2D eigenvalue weighted by molar-refractivity contribution is 7.89. The second-order valence-electron chi connectivity index (χ2n) is 7.54. The van der Waals surface area contributed by atoms with Crippen LogP contribution in [0, 0.1) is 19.8 Å². The monoisotopic (exact) mass is 324 g/mol. The maximum absolute atomic E-state index is 12.6. The number of rotatable bonds is 5. The van der Waals surface area contributed by atoms with E-state index in [2.05, 4.69) is 25.5 Å². The van der Waals surface area contributed by atoms with Gasteiger partial charge < -0.3 is 5.73 Å². The fourth-order valence-corrected chi connectivity index (χ4v) is 4.30. The van der Waals surface area contributed by atoms with Crippen molar-refractivity contribution in [2.45, 2.75) is 63.8 Å². The van der Waals surface area contributed by atoms with Crippen LogP contribution in [0.4, 0.5) is 0 Å². The summed E-state index contributed by atoms with van der Waals surface area (Å²) in [5.74, 6) is 0.480. The van der Waals surface area contributed by atoms with Gasteiger partial charge in [0.05, 0.1) is 4.90 Å². The molecule has 124 valence electrons. The van der Waals surface area contributed by atoms with Crippen molar-refractivity contribution < 1.29 is 8.42 Å². The van der Waals surface area contributed by atoms with Crippen molar-refractivity contribution in [1.82, 2.24) is 4.72 Å². The number of hydrogen-bond donors (Lipinski definition) is 2. The minimum Gasteiger partial charge on any atom is -0.326 e. The van der Waals surface area contributed by atoms with Gasteiger partial charge in [0.1, 0.15) is 0 Å². The van der Waals surface area contributed by atoms with Crippen molar-refractivity contribution in [3.05, 3.63) is 28.8 Å². The zero-order valence-corrected chi connectivity index (χ0v) is 15.0. The lowest BCUT2D eigenvalue weighted by molar-refractivity contribution is 0.546. The highest BCUT2D eigenvalue weighted by atomic mass is 32.2. The molecule has 1 atom stereocenters. The van der Waals surface area contributed by atoms with E-state index in [0.29, 0.717) is 17.4 Å². The van der Waals surface area contributed by atoms with Crippen molar-refractivity contribution in [3.8, 4) is 0 Å². The lowest BCUT2D eigenvalue weighted by Gasteiger charge is -2.22. The van der Waals surface area contributed by atoms with Gasteiger partial charge in [0.25, 0.3) is 0 Å².